The van der Waals surface area contributed by atoms with Gasteiger partial charge in [-0.15, -0.1) is 0 Å². The van der Waals surface area contributed by atoms with Crippen molar-refractivity contribution in [2.45, 2.75) is 38.3 Å². The minimum Gasteiger partial charge on any atom is -0.497 e. The molecule has 0 aromatic heterocycles. The third-order valence-electron chi connectivity index (χ3n) is 4.13. The number of amides is 1. The maximum atomic E-state index is 12.9. The van der Waals surface area contributed by atoms with E-state index >= 15 is 0 Å². The molecule has 1 aromatic rings. The summed E-state index contributed by atoms with van der Waals surface area (Å²) in [6.07, 6.45) is 3.10. The van der Waals surface area contributed by atoms with Crippen LogP contribution in [0.5, 0.6) is 11.5 Å². The first-order valence-corrected chi connectivity index (χ1v) is 7.36. The van der Waals surface area contributed by atoms with Crippen molar-refractivity contribution in [1.82, 2.24) is 4.90 Å². The van der Waals surface area contributed by atoms with Gasteiger partial charge in [-0.1, -0.05) is 0 Å². The van der Waals surface area contributed by atoms with Gasteiger partial charge in [-0.25, -0.2) is 0 Å². The zero-order chi connectivity index (χ0) is 15.4. The standard InChI is InChI=1S/C16H24N2O3/c1-11-5-4-6-13(10-17)18(11)16(19)12-7-14(20-2)9-15(8-12)21-3/h7-9,11,13H,4-6,10,17H2,1-3H3. The lowest BCUT2D eigenvalue weighted by Gasteiger charge is -2.40. The lowest BCUT2D eigenvalue weighted by atomic mass is 9.95. The average Bonchev–Trinajstić information content (AvgIpc) is 2.53. The molecule has 0 radical (unpaired) electrons. The number of carbonyl (C=O) groups excluding carboxylic acids is 1. The molecule has 0 aliphatic carbocycles. The number of benzene rings is 1. The first kappa shape index (κ1) is 15.6. The number of nitrogens with two attached hydrogens (primary N) is 1. The molecule has 5 heteroatoms. The average molecular weight is 292 g/mol. The molecule has 0 bridgehead atoms. The lowest BCUT2D eigenvalue weighted by molar-refractivity contribution is 0.0493. The van der Waals surface area contributed by atoms with Gasteiger partial charge in [0.25, 0.3) is 5.91 Å². The Morgan fingerprint density at radius 2 is 1.86 bits per heavy atom. The van der Waals surface area contributed by atoms with E-state index < -0.39 is 0 Å². The molecule has 0 saturated carbocycles. The minimum absolute atomic E-state index is 0.00477. The van der Waals surface area contributed by atoms with Crippen molar-refractivity contribution in [3.8, 4) is 11.5 Å². The van der Waals surface area contributed by atoms with Crippen molar-refractivity contribution in [3.05, 3.63) is 23.8 Å². The van der Waals surface area contributed by atoms with Crippen molar-refractivity contribution >= 4 is 5.91 Å². The molecule has 5 nitrogen and oxygen atoms in total. The van der Waals surface area contributed by atoms with Gasteiger partial charge in [0.2, 0.25) is 0 Å². The molecule has 1 heterocycles. The van der Waals surface area contributed by atoms with Crippen molar-refractivity contribution < 1.29 is 14.3 Å². The quantitative estimate of drug-likeness (QED) is 0.922. The molecule has 1 amide bonds. The molecule has 116 valence electrons. The van der Waals surface area contributed by atoms with Gasteiger partial charge in [-0.2, -0.15) is 0 Å². The molecule has 21 heavy (non-hydrogen) atoms. The molecule has 2 atom stereocenters. The minimum atomic E-state index is -0.00477. The van der Waals surface area contributed by atoms with Crippen LogP contribution in [0.3, 0.4) is 0 Å². The fraction of sp³-hybridized carbons (Fsp3) is 0.562. The zero-order valence-corrected chi connectivity index (χ0v) is 13.0. The second-order valence-electron chi connectivity index (χ2n) is 5.48. The Hall–Kier alpha value is -1.75. The summed E-state index contributed by atoms with van der Waals surface area (Å²) < 4.78 is 10.5. The van der Waals surface area contributed by atoms with Crippen LogP contribution in [0.15, 0.2) is 18.2 Å². The van der Waals surface area contributed by atoms with Crippen LogP contribution >= 0.6 is 0 Å². The Bertz CT molecular complexity index is 482. The summed E-state index contributed by atoms with van der Waals surface area (Å²) in [6, 6.07) is 5.58. The van der Waals surface area contributed by atoms with Crippen LogP contribution < -0.4 is 15.2 Å². The molecule has 2 N–H and O–H groups in total. The van der Waals surface area contributed by atoms with Gasteiger partial charge in [0, 0.05) is 30.3 Å². The third kappa shape index (κ3) is 3.29. The fourth-order valence-corrected chi connectivity index (χ4v) is 2.96. The first-order chi connectivity index (χ1) is 10.1. The Labute approximate surface area is 126 Å². The van der Waals surface area contributed by atoms with Crippen molar-refractivity contribution in [3.63, 3.8) is 0 Å². The topological polar surface area (TPSA) is 64.8 Å². The van der Waals surface area contributed by atoms with Crippen LogP contribution in [0.4, 0.5) is 0 Å². The number of methoxy groups -OCH3 is 2. The molecule has 1 aliphatic rings. The molecule has 1 saturated heterocycles. The summed E-state index contributed by atoms with van der Waals surface area (Å²) in [4.78, 5) is 14.8. The summed E-state index contributed by atoms with van der Waals surface area (Å²) in [5.74, 6) is 1.23. The normalized spacial score (nSPS) is 22.0. The molecular weight excluding hydrogens is 268 g/mol. The number of nitrogens with zero attached hydrogens (tertiary/aromatic N) is 1. The summed E-state index contributed by atoms with van der Waals surface area (Å²) in [7, 11) is 3.16. The third-order valence-corrected chi connectivity index (χ3v) is 4.13. The predicted molar refractivity (Wildman–Crippen MR) is 81.9 cm³/mol. The van der Waals surface area contributed by atoms with Crippen LogP contribution in [0.25, 0.3) is 0 Å². The highest BCUT2D eigenvalue weighted by atomic mass is 16.5. The second kappa shape index (κ2) is 6.80. The first-order valence-electron chi connectivity index (χ1n) is 7.36. The van der Waals surface area contributed by atoms with Crippen molar-refractivity contribution in [2.75, 3.05) is 20.8 Å². The maximum Gasteiger partial charge on any atom is 0.254 e. The van der Waals surface area contributed by atoms with E-state index in [-0.39, 0.29) is 18.0 Å². The second-order valence-corrected chi connectivity index (χ2v) is 5.48. The van der Waals surface area contributed by atoms with Gasteiger partial charge >= 0.3 is 0 Å². The van der Waals surface area contributed by atoms with Gasteiger partial charge in [-0.05, 0) is 38.3 Å². The molecule has 2 rings (SSSR count). The van der Waals surface area contributed by atoms with E-state index in [1.165, 1.54) is 0 Å². The van der Waals surface area contributed by atoms with Crippen LogP contribution in [0, 0.1) is 0 Å². The zero-order valence-electron chi connectivity index (χ0n) is 13.0. The van der Waals surface area contributed by atoms with Gasteiger partial charge < -0.3 is 20.1 Å². The Morgan fingerprint density at radius 1 is 1.24 bits per heavy atom. The lowest BCUT2D eigenvalue weighted by Crippen LogP contribution is -2.51. The van der Waals surface area contributed by atoms with Crippen LogP contribution in [-0.2, 0) is 0 Å². The predicted octanol–water partition coefficient (Wildman–Crippen LogP) is 2.05. The van der Waals surface area contributed by atoms with Gasteiger partial charge in [-0.3, -0.25) is 4.79 Å². The molecule has 1 aliphatic heterocycles. The fourth-order valence-electron chi connectivity index (χ4n) is 2.96. The Morgan fingerprint density at radius 3 is 2.38 bits per heavy atom. The summed E-state index contributed by atoms with van der Waals surface area (Å²) in [5, 5.41) is 0. The Balaban J connectivity index is 2.33. The smallest absolute Gasteiger partial charge is 0.254 e. The van der Waals surface area contributed by atoms with E-state index in [0.29, 0.717) is 23.6 Å². The van der Waals surface area contributed by atoms with E-state index in [2.05, 4.69) is 6.92 Å². The number of hydrogen-bond acceptors (Lipinski definition) is 4. The molecule has 1 fully saturated rings. The van der Waals surface area contributed by atoms with E-state index in [0.717, 1.165) is 19.3 Å². The van der Waals surface area contributed by atoms with Crippen LogP contribution in [0.2, 0.25) is 0 Å². The number of carbonyl (C=O) groups is 1. The SMILES string of the molecule is COc1cc(OC)cc(C(=O)N2C(C)CCCC2CN)c1. The van der Waals surface area contributed by atoms with E-state index in [9.17, 15) is 4.79 Å². The largest absolute Gasteiger partial charge is 0.497 e. The van der Waals surface area contributed by atoms with Crippen molar-refractivity contribution in [1.29, 1.82) is 0 Å². The van der Waals surface area contributed by atoms with E-state index in [4.69, 9.17) is 15.2 Å². The number of hydrogen-bond donors (Lipinski definition) is 1. The maximum absolute atomic E-state index is 12.9. The summed E-state index contributed by atoms with van der Waals surface area (Å²) in [6.45, 7) is 2.58. The number of piperidine rings is 1. The van der Waals surface area contributed by atoms with E-state index in [1.807, 2.05) is 4.90 Å². The van der Waals surface area contributed by atoms with Gasteiger partial charge in [0.05, 0.1) is 14.2 Å². The Kier molecular flexibility index (Phi) is 5.07. The molecular formula is C16H24N2O3. The number of rotatable bonds is 4. The molecule has 1 aromatic carbocycles. The van der Waals surface area contributed by atoms with Crippen LogP contribution in [-0.4, -0.2) is 43.7 Å². The van der Waals surface area contributed by atoms with Crippen molar-refractivity contribution in [2.24, 2.45) is 5.73 Å². The highest BCUT2D eigenvalue weighted by Crippen LogP contribution is 2.28. The van der Waals surface area contributed by atoms with Gasteiger partial charge in [0.15, 0.2) is 0 Å². The molecule has 2 unspecified atom stereocenters. The summed E-state index contributed by atoms with van der Waals surface area (Å²) >= 11 is 0. The highest BCUT2D eigenvalue weighted by molar-refractivity contribution is 5.95. The van der Waals surface area contributed by atoms with Gasteiger partial charge in [0.1, 0.15) is 11.5 Å². The summed E-state index contributed by atoms with van der Waals surface area (Å²) in [5.41, 5.74) is 6.42. The van der Waals surface area contributed by atoms with Crippen LogP contribution in [0.1, 0.15) is 36.5 Å². The monoisotopic (exact) mass is 292 g/mol. The number of likely N-dealkylation sites (tertiary alicyclic amines) is 1. The molecule has 0 spiro atoms. The highest BCUT2D eigenvalue weighted by Gasteiger charge is 2.31. The van der Waals surface area contributed by atoms with E-state index in [1.54, 1.807) is 32.4 Å². The number of ether oxygens (including phenoxy) is 2.